The number of carbonyl (C=O) groups is 1. The zero-order valence-electron chi connectivity index (χ0n) is 24.1. The normalized spacial score (nSPS) is 17.6. The molecular weight excluding hydrogens is 530 g/mol. The summed E-state index contributed by atoms with van der Waals surface area (Å²) in [5.74, 6) is 2.86. The number of fused-ring (bicyclic) bond motifs is 1. The van der Waals surface area contributed by atoms with Crippen LogP contribution < -0.4 is 20.7 Å². The lowest BCUT2D eigenvalue weighted by Crippen LogP contribution is -2.52. The number of hydrogen-bond donors (Lipinski definition) is 2. The number of imidazole rings is 1. The first-order valence-corrected chi connectivity index (χ1v) is 14.5. The largest absolute Gasteiger partial charge is 0.491 e. The number of amides is 2. The summed E-state index contributed by atoms with van der Waals surface area (Å²) >= 11 is 0. The highest BCUT2D eigenvalue weighted by atomic mass is 16.5. The number of nitrogens with zero attached hydrogens (tertiary/aromatic N) is 7. The zero-order valence-corrected chi connectivity index (χ0v) is 24.1. The number of urea groups is 1. The lowest BCUT2D eigenvalue weighted by Gasteiger charge is -2.39. The summed E-state index contributed by atoms with van der Waals surface area (Å²) in [6.45, 7) is 7.39. The highest BCUT2D eigenvalue weighted by Crippen LogP contribution is 2.31. The van der Waals surface area contributed by atoms with Gasteiger partial charge in [0.15, 0.2) is 17.3 Å². The van der Waals surface area contributed by atoms with E-state index in [0.29, 0.717) is 43.5 Å². The lowest BCUT2D eigenvalue weighted by molar-refractivity contribution is 0.218. The van der Waals surface area contributed by atoms with Gasteiger partial charge in [0.05, 0.1) is 18.3 Å². The summed E-state index contributed by atoms with van der Waals surface area (Å²) < 4.78 is 7.96. The van der Waals surface area contributed by atoms with E-state index < -0.39 is 0 Å². The molecule has 0 saturated carbocycles. The number of hydrogen-bond acceptors (Lipinski definition) is 7. The number of pyridine rings is 1. The van der Waals surface area contributed by atoms with Gasteiger partial charge in [-0.05, 0) is 37.0 Å². The SMILES string of the molecule is Cc1cc(OC[C@@H](C)c2ccccc2)cnc1N=C(N)CCN1CC2(CCN(c3nccn4ccnc34)CC2)NC1=O. The van der Waals surface area contributed by atoms with E-state index in [9.17, 15) is 4.79 Å². The first-order valence-electron chi connectivity index (χ1n) is 14.5. The molecule has 42 heavy (non-hydrogen) atoms. The molecule has 1 aromatic carbocycles. The summed E-state index contributed by atoms with van der Waals surface area (Å²) in [5, 5.41) is 3.25. The van der Waals surface area contributed by atoms with E-state index in [-0.39, 0.29) is 17.5 Å². The monoisotopic (exact) mass is 567 g/mol. The van der Waals surface area contributed by atoms with Crippen LogP contribution in [0.15, 0.2) is 72.4 Å². The molecule has 2 aliphatic rings. The summed E-state index contributed by atoms with van der Waals surface area (Å²) in [4.78, 5) is 35.0. The molecule has 1 spiro atoms. The van der Waals surface area contributed by atoms with Gasteiger partial charge in [0.2, 0.25) is 0 Å². The number of ether oxygens (including phenoxy) is 1. The van der Waals surface area contributed by atoms with E-state index >= 15 is 0 Å². The minimum Gasteiger partial charge on any atom is -0.491 e. The quantitative estimate of drug-likeness (QED) is 0.231. The van der Waals surface area contributed by atoms with Crippen molar-refractivity contribution in [3.8, 4) is 5.75 Å². The van der Waals surface area contributed by atoms with Crippen molar-refractivity contribution in [1.82, 2.24) is 29.6 Å². The zero-order chi connectivity index (χ0) is 29.1. The first-order chi connectivity index (χ1) is 20.4. The van der Waals surface area contributed by atoms with Crippen molar-refractivity contribution >= 4 is 29.1 Å². The van der Waals surface area contributed by atoms with Gasteiger partial charge in [-0.25, -0.2) is 24.7 Å². The molecule has 5 heterocycles. The standard InChI is InChI=1S/C31H37N9O2/c1-22-18-25(42-20-23(2)24-6-4-3-5-7-24)19-35-27(22)36-26(32)8-13-40-21-31(37-30(40)41)9-14-38(15-10-31)28-29-34-12-17-39(29)16-11-33-28/h3-7,11-12,16-19,23H,8-10,13-15,20-21H2,1-2H3,(H,37,41)(H2,32,35,36)/t23-/m1/s1. The summed E-state index contributed by atoms with van der Waals surface area (Å²) in [5.41, 5.74) is 9.01. The molecule has 0 bridgehead atoms. The number of aliphatic imine (C=N–C) groups is 1. The number of benzene rings is 1. The van der Waals surface area contributed by atoms with E-state index in [0.717, 1.165) is 43.0 Å². The van der Waals surface area contributed by atoms with E-state index in [1.54, 1.807) is 18.6 Å². The Labute approximate surface area is 245 Å². The van der Waals surface area contributed by atoms with Gasteiger partial charge in [-0.2, -0.15) is 0 Å². The Hall–Kier alpha value is -4.67. The van der Waals surface area contributed by atoms with Crippen LogP contribution in [0.25, 0.3) is 5.65 Å². The fourth-order valence-corrected chi connectivity index (χ4v) is 5.73. The minimum atomic E-state index is -0.244. The van der Waals surface area contributed by atoms with Gasteiger partial charge in [-0.15, -0.1) is 0 Å². The van der Waals surface area contributed by atoms with Crippen molar-refractivity contribution in [2.75, 3.05) is 37.7 Å². The third-order valence-electron chi connectivity index (χ3n) is 8.25. The maximum atomic E-state index is 12.9. The number of piperidine rings is 1. The molecule has 2 aliphatic heterocycles. The van der Waals surface area contributed by atoms with Crippen LogP contribution in [0.2, 0.25) is 0 Å². The highest BCUT2D eigenvalue weighted by molar-refractivity contribution is 5.84. The van der Waals surface area contributed by atoms with Crippen LogP contribution in [0.5, 0.6) is 5.75 Å². The number of nitrogens with two attached hydrogens (primary N) is 1. The van der Waals surface area contributed by atoms with Gasteiger partial charge in [-0.3, -0.25) is 0 Å². The molecular formula is C31H37N9O2. The van der Waals surface area contributed by atoms with Gasteiger partial charge in [0, 0.05) is 63.3 Å². The molecule has 0 radical (unpaired) electrons. The van der Waals surface area contributed by atoms with Crippen LogP contribution in [-0.4, -0.2) is 74.4 Å². The number of anilines is 1. The summed E-state index contributed by atoms with van der Waals surface area (Å²) in [6.07, 6.45) is 11.2. The fourth-order valence-electron chi connectivity index (χ4n) is 5.73. The number of carbonyl (C=O) groups excluding carboxylic acids is 1. The second kappa shape index (κ2) is 11.7. The van der Waals surface area contributed by atoms with Crippen molar-refractivity contribution in [3.05, 3.63) is 78.5 Å². The topological polar surface area (TPSA) is 126 Å². The lowest BCUT2D eigenvalue weighted by atomic mass is 9.88. The molecule has 11 heteroatoms. The second-order valence-electron chi connectivity index (χ2n) is 11.3. The third-order valence-corrected chi connectivity index (χ3v) is 8.25. The Kier molecular flexibility index (Phi) is 7.64. The molecule has 0 unspecified atom stereocenters. The van der Waals surface area contributed by atoms with E-state index in [1.807, 2.05) is 52.9 Å². The van der Waals surface area contributed by atoms with Gasteiger partial charge in [0.1, 0.15) is 11.6 Å². The number of nitrogens with one attached hydrogen (secondary N) is 1. The molecule has 2 saturated heterocycles. The van der Waals surface area contributed by atoms with Crippen molar-refractivity contribution in [2.45, 2.75) is 44.6 Å². The van der Waals surface area contributed by atoms with Gasteiger partial charge in [0.25, 0.3) is 0 Å². The fraction of sp³-hybridized carbons (Fsp3) is 0.387. The van der Waals surface area contributed by atoms with Gasteiger partial charge < -0.3 is 30.0 Å². The first kappa shape index (κ1) is 27.5. The average Bonchev–Trinajstić information content (AvgIpc) is 3.61. The molecule has 3 aromatic heterocycles. The summed E-state index contributed by atoms with van der Waals surface area (Å²) in [6, 6.07) is 12.2. The predicted molar refractivity (Wildman–Crippen MR) is 162 cm³/mol. The Bertz CT molecular complexity index is 1580. The predicted octanol–water partition coefficient (Wildman–Crippen LogP) is 4.06. The minimum absolute atomic E-state index is 0.0507. The van der Waals surface area contributed by atoms with Crippen LogP contribution in [0.3, 0.4) is 0 Å². The number of aryl methyl sites for hydroxylation is 1. The molecule has 11 nitrogen and oxygen atoms in total. The van der Waals surface area contributed by atoms with Crippen LogP contribution >= 0.6 is 0 Å². The number of amidine groups is 1. The van der Waals surface area contributed by atoms with E-state index in [1.165, 1.54) is 5.56 Å². The van der Waals surface area contributed by atoms with E-state index in [4.69, 9.17) is 10.5 Å². The number of aromatic nitrogens is 4. The number of rotatable bonds is 9. The van der Waals surface area contributed by atoms with Crippen LogP contribution in [0.1, 0.15) is 43.2 Å². The third kappa shape index (κ3) is 5.86. The Morgan fingerprint density at radius 3 is 2.67 bits per heavy atom. The molecule has 1 atom stereocenters. The van der Waals surface area contributed by atoms with Crippen LogP contribution in [0.4, 0.5) is 16.4 Å². The molecule has 6 rings (SSSR count). The van der Waals surface area contributed by atoms with Gasteiger partial charge >= 0.3 is 6.03 Å². The maximum absolute atomic E-state index is 12.9. The van der Waals surface area contributed by atoms with Crippen molar-refractivity contribution in [1.29, 1.82) is 0 Å². The Balaban J connectivity index is 1.00. The highest BCUT2D eigenvalue weighted by Gasteiger charge is 2.44. The maximum Gasteiger partial charge on any atom is 0.317 e. The molecule has 0 aliphatic carbocycles. The van der Waals surface area contributed by atoms with E-state index in [2.05, 4.69) is 49.2 Å². The van der Waals surface area contributed by atoms with Gasteiger partial charge in [-0.1, -0.05) is 37.3 Å². The Morgan fingerprint density at radius 2 is 1.90 bits per heavy atom. The second-order valence-corrected chi connectivity index (χ2v) is 11.3. The molecule has 2 fully saturated rings. The van der Waals surface area contributed by atoms with Crippen molar-refractivity contribution in [3.63, 3.8) is 0 Å². The smallest absolute Gasteiger partial charge is 0.317 e. The summed E-state index contributed by atoms with van der Waals surface area (Å²) in [7, 11) is 0. The molecule has 3 N–H and O–H groups in total. The molecule has 218 valence electrons. The molecule has 4 aromatic rings. The average molecular weight is 568 g/mol. The van der Waals surface area contributed by atoms with Crippen LogP contribution in [-0.2, 0) is 0 Å². The van der Waals surface area contributed by atoms with Crippen molar-refractivity contribution in [2.24, 2.45) is 10.7 Å². The van der Waals surface area contributed by atoms with Crippen LogP contribution in [0, 0.1) is 6.92 Å². The molecule has 2 amide bonds. The van der Waals surface area contributed by atoms with Crippen molar-refractivity contribution < 1.29 is 9.53 Å². The Morgan fingerprint density at radius 1 is 1.14 bits per heavy atom.